The Kier molecular flexibility index (Phi) is 3.87. The Hall–Kier alpha value is -1.59. The third kappa shape index (κ3) is 2.76. The van der Waals surface area contributed by atoms with Crippen molar-refractivity contribution in [3.63, 3.8) is 0 Å². The van der Waals surface area contributed by atoms with Crippen molar-refractivity contribution in [2.75, 3.05) is 13.1 Å². The van der Waals surface area contributed by atoms with Crippen LogP contribution in [0.25, 0.3) is 11.3 Å². The average molecular weight is 348 g/mol. The molecule has 1 aromatic carbocycles. The van der Waals surface area contributed by atoms with E-state index in [9.17, 15) is 4.79 Å². The smallest absolute Gasteiger partial charge is 0.270 e. The highest BCUT2D eigenvalue weighted by Gasteiger charge is 2.26. The normalized spacial score (nSPS) is 18.2. The van der Waals surface area contributed by atoms with E-state index in [2.05, 4.69) is 22.0 Å². The molecule has 1 aliphatic heterocycles. The van der Waals surface area contributed by atoms with Crippen LogP contribution in [0.2, 0.25) is 0 Å². The van der Waals surface area contributed by atoms with Crippen LogP contribution in [-0.2, 0) is 7.05 Å². The Morgan fingerprint density at radius 1 is 1.33 bits per heavy atom. The molecule has 4 nitrogen and oxygen atoms in total. The van der Waals surface area contributed by atoms with Crippen molar-refractivity contribution in [3.8, 4) is 11.3 Å². The summed E-state index contributed by atoms with van der Waals surface area (Å²) in [5.74, 6) is 0.0618. The number of rotatable bonds is 2. The lowest BCUT2D eigenvalue weighted by atomic mass is 10.1. The van der Waals surface area contributed by atoms with E-state index >= 15 is 0 Å². The Morgan fingerprint density at radius 2 is 2.14 bits per heavy atom. The van der Waals surface area contributed by atoms with Crippen molar-refractivity contribution in [1.29, 1.82) is 0 Å². The van der Waals surface area contributed by atoms with Crippen LogP contribution in [0.5, 0.6) is 0 Å². The van der Waals surface area contributed by atoms with Gasteiger partial charge in [-0.2, -0.15) is 0 Å². The molecule has 1 atom stereocenters. The molecule has 0 saturated carbocycles. The maximum atomic E-state index is 12.6. The van der Waals surface area contributed by atoms with E-state index in [-0.39, 0.29) is 11.9 Å². The number of nitrogens with two attached hydrogens (primary N) is 1. The molecule has 0 aliphatic carbocycles. The molecule has 2 heterocycles. The van der Waals surface area contributed by atoms with Crippen molar-refractivity contribution >= 4 is 21.8 Å². The van der Waals surface area contributed by atoms with Crippen molar-refractivity contribution in [2.45, 2.75) is 12.5 Å². The highest BCUT2D eigenvalue weighted by molar-refractivity contribution is 9.10. The number of amides is 1. The van der Waals surface area contributed by atoms with Gasteiger partial charge in [-0.1, -0.05) is 28.1 Å². The van der Waals surface area contributed by atoms with Crippen LogP contribution in [-0.4, -0.2) is 34.5 Å². The van der Waals surface area contributed by atoms with E-state index in [0.717, 1.165) is 28.7 Å². The molecule has 0 bridgehead atoms. The van der Waals surface area contributed by atoms with Crippen molar-refractivity contribution in [1.82, 2.24) is 9.47 Å². The van der Waals surface area contributed by atoms with Gasteiger partial charge in [0.1, 0.15) is 5.69 Å². The minimum absolute atomic E-state index is 0.0618. The molecule has 0 spiro atoms. The number of likely N-dealkylation sites (tertiary alicyclic amines) is 1. The van der Waals surface area contributed by atoms with Crippen molar-refractivity contribution in [3.05, 3.63) is 46.6 Å². The molecular formula is C16H18BrN3O. The molecule has 0 radical (unpaired) electrons. The Balaban J connectivity index is 1.91. The molecule has 2 N–H and O–H groups in total. The molecular weight excluding hydrogens is 330 g/mol. The van der Waals surface area contributed by atoms with Gasteiger partial charge in [-0.05, 0) is 36.2 Å². The number of carbonyl (C=O) groups excluding carboxylic acids is 1. The molecule has 1 aliphatic rings. The van der Waals surface area contributed by atoms with Crippen molar-refractivity contribution in [2.24, 2.45) is 12.8 Å². The Labute approximate surface area is 132 Å². The second kappa shape index (κ2) is 5.66. The maximum absolute atomic E-state index is 12.6. The molecule has 21 heavy (non-hydrogen) atoms. The molecule has 110 valence electrons. The summed E-state index contributed by atoms with van der Waals surface area (Å²) in [5, 5.41) is 0. The van der Waals surface area contributed by atoms with Gasteiger partial charge in [0, 0.05) is 36.3 Å². The van der Waals surface area contributed by atoms with Crippen LogP contribution < -0.4 is 5.73 Å². The lowest BCUT2D eigenvalue weighted by Crippen LogP contribution is -2.32. The van der Waals surface area contributed by atoms with Gasteiger partial charge in [0.15, 0.2) is 0 Å². The van der Waals surface area contributed by atoms with Gasteiger partial charge >= 0.3 is 0 Å². The lowest BCUT2D eigenvalue weighted by molar-refractivity contribution is 0.0781. The second-order valence-corrected chi connectivity index (χ2v) is 6.39. The van der Waals surface area contributed by atoms with Gasteiger partial charge < -0.3 is 15.2 Å². The van der Waals surface area contributed by atoms with Crippen LogP contribution in [0.15, 0.2) is 40.9 Å². The highest BCUT2D eigenvalue weighted by atomic mass is 79.9. The number of hydrogen-bond donors (Lipinski definition) is 1. The van der Waals surface area contributed by atoms with Gasteiger partial charge in [-0.15, -0.1) is 0 Å². The van der Waals surface area contributed by atoms with E-state index in [1.54, 1.807) is 0 Å². The molecule has 1 amide bonds. The van der Waals surface area contributed by atoms with Gasteiger partial charge in [0.05, 0.1) is 0 Å². The molecule has 2 aromatic rings. The number of benzene rings is 1. The monoisotopic (exact) mass is 347 g/mol. The first kappa shape index (κ1) is 14.4. The van der Waals surface area contributed by atoms with Crippen LogP contribution in [0.3, 0.4) is 0 Å². The predicted molar refractivity (Wildman–Crippen MR) is 87.0 cm³/mol. The van der Waals surface area contributed by atoms with Gasteiger partial charge in [0.25, 0.3) is 5.91 Å². The zero-order chi connectivity index (χ0) is 15.0. The summed E-state index contributed by atoms with van der Waals surface area (Å²) in [7, 11) is 1.93. The Bertz CT molecular complexity index is 680. The fourth-order valence-corrected chi connectivity index (χ4v) is 3.20. The summed E-state index contributed by atoms with van der Waals surface area (Å²) >= 11 is 3.48. The molecule has 1 saturated heterocycles. The second-order valence-electron chi connectivity index (χ2n) is 5.47. The average Bonchev–Trinajstić information content (AvgIpc) is 3.04. The molecule has 1 fully saturated rings. The molecule has 5 heteroatoms. The van der Waals surface area contributed by atoms with Crippen LogP contribution >= 0.6 is 15.9 Å². The largest absolute Gasteiger partial charge is 0.340 e. The van der Waals surface area contributed by atoms with Crippen molar-refractivity contribution < 1.29 is 4.79 Å². The van der Waals surface area contributed by atoms with Crippen LogP contribution in [0.1, 0.15) is 16.9 Å². The standard InChI is InChI=1S/C16H18BrN3O/c1-19-14(11-3-2-4-12(17)9-11)5-6-15(19)16(21)20-8-7-13(18)10-20/h2-6,9,13H,7-8,10,18H2,1H3. The predicted octanol–water partition coefficient (Wildman–Crippen LogP) is 2.63. The summed E-state index contributed by atoms with van der Waals surface area (Å²) in [4.78, 5) is 14.4. The fraction of sp³-hybridized carbons (Fsp3) is 0.312. The number of nitrogens with zero attached hydrogens (tertiary/aromatic N) is 2. The van der Waals surface area contributed by atoms with Crippen LogP contribution in [0, 0.1) is 0 Å². The summed E-state index contributed by atoms with van der Waals surface area (Å²) in [5.41, 5.74) is 8.71. The third-order valence-electron chi connectivity index (χ3n) is 3.97. The first-order valence-electron chi connectivity index (χ1n) is 7.03. The SMILES string of the molecule is Cn1c(C(=O)N2CCC(N)C2)ccc1-c1cccc(Br)c1. The van der Waals surface area contributed by atoms with E-state index < -0.39 is 0 Å². The number of carbonyl (C=O) groups is 1. The van der Waals surface area contributed by atoms with E-state index in [1.807, 2.05) is 46.8 Å². The Morgan fingerprint density at radius 3 is 2.81 bits per heavy atom. The summed E-state index contributed by atoms with van der Waals surface area (Å²) in [6, 6.07) is 12.1. The highest BCUT2D eigenvalue weighted by Crippen LogP contribution is 2.25. The summed E-state index contributed by atoms with van der Waals surface area (Å²) < 4.78 is 2.98. The summed E-state index contributed by atoms with van der Waals surface area (Å²) in [6.07, 6.45) is 0.884. The maximum Gasteiger partial charge on any atom is 0.270 e. The lowest BCUT2D eigenvalue weighted by Gasteiger charge is -2.16. The van der Waals surface area contributed by atoms with Gasteiger partial charge in [-0.25, -0.2) is 0 Å². The van der Waals surface area contributed by atoms with Crippen LogP contribution in [0.4, 0.5) is 0 Å². The molecule has 1 aromatic heterocycles. The van der Waals surface area contributed by atoms with E-state index in [0.29, 0.717) is 12.2 Å². The summed E-state index contributed by atoms with van der Waals surface area (Å²) in [6.45, 7) is 1.40. The number of aromatic nitrogens is 1. The van der Waals surface area contributed by atoms with E-state index in [1.165, 1.54) is 0 Å². The molecule has 3 rings (SSSR count). The quantitative estimate of drug-likeness (QED) is 0.907. The minimum atomic E-state index is 0.0618. The number of hydrogen-bond acceptors (Lipinski definition) is 2. The fourth-order valence-electron chi connectivity index (χ4n) is 2.80. The van der Waals surface area contributed by atoms with Gasteiger partial charge in [-0.3, -0.25) is 4.79 Å². The first-order valence-corrected chi connectivity index (χ1v) is 7.82. The first-order chi connectivity index (χ1) is 10.1. The third-order valence-corrected chi connectivity index (χ3v) is 4.47. The topological polar surface area (TPSA) is 51.3 Å². The molecule has 1 unspecified atom stereocenters. The van der Waals surface area contributed by atoms with E-state index in [4.69, 9.17) is 5.73 Å². The minimum Gasteiger partial charge on any atom is -0.340 e. The zero-order valence-electron chi connectivity index (χ0n) is 11.9. The number of halogens is 1. The van der Waals surface area contributed by atoms with Gasteiger partial charge in [0.2, 0.25) is 0 Å². The zero-order valence-corrected chi connectivity index (χ0v) is 13.5.